The fraction of sp³-hybridized carbons (Fsp3) is 0. The molecule has 0 aliphatic carbocycles. The molecule has 3 nitrogen and oxygen atoms in total. The van der Waals surface area contributed by atoms with Crippen LogP contribution in [0.2, 0.25) is 0 Å². The molecule has 0 amide bonds. The number of aromatic nitrogens is 3. The molecule has 0 atom stereocenters. The number of thiophene rings is 1. The lowest BCUT2D eigenvalue weighted by Gasteiger charge is -2.34. The van der Waals surface area contributed by atoms with Crippen molar-refractivity contribution in [3.63, 3.8) is 0 Å². The summed E-state index contributed by atoms with van der Waals surface area (Å²) < 4.78 is 4.88. The highest BCUT2D eigenvalue weighted by atomic mass is 32.1. The second-order valence-electron chi connectivity index (χ2n) is 18.9. The maximum absolute atomic E-state index is 5.66. The second-order valence-corrected chi connectivity index (χ2v) is 23.8. The van der Waals surface area contributed by atoms with Gasteiger partial charge < -0.3 is 0 Å². The van der Waals surface area contributed by atoms with Crippen molar-refractivity contribution in [2.75, 3.05) is 0 Å². The van der Waals surface area contributed by atoms with Crippen LogP contribution in [-0.2, 0) is 0 Å². The van der Waals surface area contributed by atoms with Crippen molar-refractivity contribution in [2.24, 2.45) is 0 Å². The van der Waals surface area contributed by atoms with E-state index >= 15 is 0 Å². The van der Waals surface area contributed by atoms with E-state index in [4.69, 9.17) is 9.97 Å². The molecule has 3 aromatic heterocycles. The maximum Gasteiger partial charge on any atom is 0.235 e. The average molecular weight is 964 g/mol. The fourth-order valence-corrected chi connectivity index (χ4v) is 17.3. The van der Waals surface area contributed by atoms with Gasteiger partial charge in [-0.15, -0.1) is 11.3 Å². The van der Waals surface area contributed by atoms with Gasteiger partial charge in [0, 0.05) is 41.9 Å². The predicted molar refractivity (Wildman–Crippen MR) is 312 cm³/mol. The van der Waals surface area contributed by atoms with E-state index in [0.717, 1.165) is 66.2 Å². The first-order chi connectivity index (χ1) is 36.2. The van der Waals surface area contributed by atoms with Gasteiger partial charge in [-0.3, -0.25) is 4.57 Å². The van der Waals surface area contributed by atoms with E-state index in [2.05, 4.69) is 278 Å². The molecule has 0 N–H and O–H groups in total. The van der Waals surface area contributed by atoms with Gasteiger partial charge in [-0.05, 0) is 115 Å². The number of benzene rings is 11. The Labute approximate surface area is 428 Å². The van der Waals surface area contributed by atoms with Crippen molar-refractivity contribution in [1.29, 1.82) is 0 Å². The Morgan fingerprint density at radius 2 is 0.781 bits per heavy atom. The first-order valence-corrected chi connectivity index (χ1v) is 27.7. The van der Waals surface area contributed by atoms with Gasteiger partial charge in [0.2, 0.25) is 5.95 Å². The van der Waals surface area contributed by atoms with Gasteiger partial charge >= 0.3 is 0 Å². The van der Waals surface area contributed by atoms with Crippen molar-refractivity contribution in [1.82, 2.24) is 14.5 Å². The number of nitrogens with zero attached hydrogens (tertiary/aromatic N) is 3. The van der Waals surface area contributed by atoms with Gasteiger partial charge in [-0.2, -0.15) is 0 Å². The van der Waals surface area contributed by atoms with E-state index in [9.17, 15) is 0 Å². The molecule has 0 bridgehead atoms. The lowest BCUT2D eigenvalue weighted by molar-refractivity contribution is 1.01. The Morgan fingerprint density at radius 3 is 1.49 bits per heavy atom. The molecule has 0 radical (unpaired) electrons. The van der Waals surface area contributed by atoms with Gasteiger partial charge in [0.1, 0.15) is 0 Å². The monoisotopic (exact) mass is 963 g/mol. The number of hydrogen-bond donors (Lipinski definition) is 0. The van der Waals surface area contributed by atoms with Gasteiger partial charge in [-0.25, -0.2) is 9.97 Å². The minimum Gasteiger partial charge on any atom is -0.278 e. The summed E-state index contributed by atoms with van der Waals surface area (Å²) in [6.45, 7) is 0. The molecule has 5 heteroatoms. The molecule has 11 aromatic carbocycles. The van der Waals surface area contributed by atoms with Gasteiger partial charge in [0.25, 0.3) is 0 Å². The zero-order valence-electron chi connectivity index (χ0n) is 39.7. The summed E-state index contributed by atoms with van der Waals surface area (Å²) in [5, 5.41) is 11.3. The van der Waals surface area contributed by atoms with Gasteiger partial charge in [0.05, 0.1) is 22.2 Å². The van der Waals surface area contributed by atoms with Crippen LogP contribution < -0.4 is 20.7 Å². The quantitative estimate of drug-likeness (QED) is 0.107. The van der Waals surface area contributed by atoms with Crippen LogP contribution in [0.1, 0.15) is 0 Å². The van der Waals surface area contributed by atoms with Crippen LogP contribution >= 0.6 is 11.3 Å². The Bertz CT molecular complexity index is 4280. The molecule has 3 heterocycles. The van der Waals surface area contributed by atoms with Crippen LogP contribution in [0.25, 0.3) is 103 Å². The molecule has 0 aliphatic heterocycles. The molecular weight excluding hydrogens is 919 g/mol. The van der Waals surface area contributed by atoms with Crippen molar-refractivity contribution in [3.8, 4) is 50.6 Å². The lowest BCUT2D eigenvalue weighted by atomic mass is 9.94. The smallest absolute Gasteiger partial charge is 0.235 e. The van der Waals surface area contributed by atoms with Crippen LogP contribution in [0, 0.1) is 0 Å². The molecule has 0 unspecified atom stereocenters. The summed E-state index contributed by atoms with van der Waals surface area (Å²) in [5.74, 6) is 0.636. The van der Waals surface area contributed by atoms with E-state index in [1.165, 1.54) is 52.0 Å². The molecule has 342 valence electrons. The number of para-hydroxylation sites is 2. The van der Waals surface area contributed by atoms with Crippen LogP contribution in [0.15, 0.2) is 273 Å². The zero-order valence-corrected chi connectivity index (χ0v) is 41.5. The summed E-state index contributed by atoms with van der Waals surface area (Å²) in [6, 6.07) is 100. The largest absolute Gasteiger partial charge is 0.278 e. The Balaban J connectivity index is 0.962. The van der Waals surface area contributed by atoms with Gasteiger partial charge in [-0.1, -0.05) is 212 Å². The van der Waals surface area contributed by atoms with E-state index < -0.39 is 8.07 Å². The minimum absolute atomic E-state index is 0.636. The van der Waals surface area contributed by atoms with Crippen molar-refractivity contribution >= 4 is 93.0 Å². The van der Waals surface area contributed by atoms with E-state index in [0.29, 0.717) is 5.95 Å². The third kappa shape index (κ3) is 7.23. The molecule has 73 heavy (non-hydrogen) atoms. The standard InChI is InChI=1S/C68H45N3SSi/c1-5-20-46(21-6-1)50-40-51(47-22-19-29-56(43-47)73(53-23-7-2-8-24-53,54-25-9-3-10-26-54)55-27-11-4-12-28-55)42-52(41-50)67-59-32-13-16-33-62(59)69-68(70-67)71-63-34-17-14-30-57(63)60-44-48(36-38-64(60)71)49-37-39-66-61(45-49)58-31-15-18-35-65(58)72-66/h1-45H. The molecule has 14 aromatic rings. The predicted octanol–water partition coefficient (Wildman–Crippen LogP) is 15.1. The second kappa shape index (κ2) is 17.7. The first-order valence-electron chi connectivity index (χ1n) is 24.9. The summed E-state index contributed by atoms with van der Waals surface area (Å²) in [6.07, 6.45) is 0. The SMILES string of the molecule is c1ccc(-c2cc(-c3cccc([Si](c4ccccc4)(c4ccccc4)c4ccccc4)c3)cc(-c3nc(-n4c5ccccc5c5cc(-c6ccc7sc8ccccc8c7c6)ccc54)nc4ccccc34)c2)cc1. The first kappa shape index (κ1) is 42.8. The highest BCUT2D eigenvalue weighted by Gasteiger charge is 2.41. The maximum atomic E-state index is 5.66. The Kier molecular flexibility index (Phi) is 10.4. The average Bonchev–Trinajstić information content (AvgIpc) is 4.01. The van der Waals surface area contributed by atoms with E-state index in [1.807, 2.05) is 11.3 Å². The Hall–Kier alpha value is -9.00. The van der Waals surface area contributed by atoms with Crippen LogP contribution in [0.5, 0.6) is 0 Å². The highest BCUT2D eigenvalue weighted by Crippen LogP contribution is 2.40. The fourth-order valence-electron chi connectivity index (χ4n) is 11.4. The van der Waals surface area contributed by atoms with Crippen molar-refractivity contribution in [2.45, 2.75) is 0 Å². The summed E-state index contributed by atoms with van der Waals surface area (Å²) in [7, 11) is -2.80. The van der Waals surface area contributed by atoms with Crippen molar-refractivity contribution < 1.29 is 0 Å². The summed E-state index contributed by atoms with van der Waals surface area (Å²) >= 11 is 1.85. The number of fused-ring (bicyclic) bond motifs is 7. The zero-order chi connectivity index (χ0) is 48.3. The van der Waals surface area contributed by atoms with Crippen LogP contribution in [0.3, 0.4) is 0 Å². The van der Waals surface area contributed by atoms with Crippen LogP contribution in [-0.4, -0.2) is 22.6 Å². The molecule has 0 saturated carbocycles. The lowest BCUT2D eigenvalue weighted by Crippen LogP contribution is -2.74. The molecular formula is C68H45N3SSi. The minimum atomic E-state index is -2.80. The molecule has 0 spiro atoms. The van der Waals surface area contributed by atoms with E-state index in [1.54, 1.807) is 0 Å². The molecule has 0 saturated heterocycles. The van der Waals surface area contributed by atoms with Gasteiger partial charge in [0.15, 0.2) is 8.07 Å². The summed E-state index contributed by atoms with van der Waals surface area (Å²) in [5.41, 5.74) is 11.8. The number of rotatable bonds is 9. The highest BCUT2D eigenvalue weighted by molar-refractivity contribution is 7.25. The molecule has 14 rings (SSSR count). The van der Waals surface area contributed by atoms with Crippen molar-refractivity contribution in [3.05, 3.63) is 273 Å². The van der Waals surface area contributed by atoms with E-state index in [-0.39, 0.29) is 0 Å². The topological polar surface area (TPSA) is 30.7 Å². The third-order valence-corrected chi connectivity index (χ3v) is 20.7. The molecule has 0 aliphatic rings. The molecule has 0 fully saturated rings. The third-order valence-electron chi connectivity index (χ3n) is 14.7. The number of hydrogen-bond acceptors (Lipinski definition) is 3. The summed E-state index contributed by atoms with van der Waals surface area (Å²) in [4.78, 5) is 11.0. The Morgan fingerprint density at radius 1 is 0.288 bits per heavy atom. The van der Waals surface area contributed by atoms with Crippen LogP contribution in [0.4, 0.5) is 0 Å². The normalized spacial score (nSPS) is 11.8.